The number of benzene rings is 2. The first-order valence-electron chi connectivity index (χ1n) is 7.35. The molecule has 0 aliphatic carbocycles. The van der Waals surface area contributed by atoms with Crippen LogP contribution in [0.1, 0.15) is 33.8 Å². The van der Waals surface area contributed by atoms with Gasteiger partial charge in [-0.2, -0.15) is 0 Å². The molecular formula is C18H16O3. The predicted octanol–water partition coefficient (Wildman–Crippen LogP) is 3.37. The largest absolute Gasteiger partial charge is 0.493 e. The molecule has 2 aliphatic heterocycles. The van der Waals surface area contributed by atoms with Crippen molar-refractivity contribution >= 4 is 5.78 Å². The average Bonchev–Trinajstić information content (AvgIpc) is 2.98. The molecule has 4 rings (SSSR count). The van der Waals surface area contributed by atoms with Crippen molar-refractivity contribution in [1.29, 1.82) is 0 Å². The Bertz CT molecular complexity index is 705. The molecule has 0 aromatic heterocycles. The summed E-state index contributed by atoms with van der Waals surface area (Å²) in [5, 5.41) is 0. The van der Waals surface area contributed by atoms with Gasteiger partial charge in [-0.15, -0.1) is 0 Å². The lowest BCUT2D eigenvalue weighted by atomic mass is 9.90. The van der Waals surface area contributed by atoms with Gasteiger partial charge in [0.05, 0.1) is 18.1 Å². The summed E-state index contributed by atoms with van der Waals surface area (Å²) >= 11 is 0. The van der Waals surface area contributed by atoms with Crippen LogP contribution >= 0.6 is 0 Å². The Labute approximate surface area is 123 Å². The highest BCUT2D eigenvalue weighted by molar-refractivity contribution is 6.04. The molecule has 2 aliphatic rings. The molecule has 3 nitrogen and oxygen atoms in total. The second-order valence-electron chi connectivity index (χ2n) is 5.51. The lowest BCUT2D eigenvalue weighted by Crippen LogP contribution is -2.18. The Morgan fingerprint density at radius 2 is 1.95 bits per heavy atom. The van der Waals surface area contributed by atoms with Crippen LogP contribution in [0.25, 0.3) is 0 Å². The zero-order chi connectivity index (χ0) is 14.2. The van der Waals surface area contributed by atoms with Crippen molar-refractivity contribution < 1.29 is 14.3 Å². The molecule has 0 bridgehead atoms. The molecule has 21 heavy (non-hydrogen) atoms. The van der Waals surface area contributed by atoms with Gasteiger partial charge >= 0.3 is 0 Å². The van der Waals surface area contributed by atoms with E-state index in [1.54, 1.807) is 0 Å². The van der Waals surface area contributed by atoms with Crippen LogP contribution in [0, 0.1) is 0 Å². The number of Topliss-reactive ketones (excluding diaryl/α,β-unsaturated/α-hetero) is 1. The van der Waals surface area contributed by atoms with E-state index < -0.39 is 0 Å². The number of fused-ring (bicyclic) bond motifs is 2. The van der Waals surface area contributed by atoms with E-state index in [0.29, 0.717) is 18.8 Å². The van der Waals surface area contributed by atoms with Crippen molar-refractivity contribution in [3.8, 4) is 11.5 Å². The number of para-hydroxylation sites is 2. The number of hydrogen-bond acceptors (Lipinski definition) is 3. The molecular weight excluding hydrogens is 264 g/mol. The van der Waals surface area contributed by atoms with E-state index in [9.17, 15) is 4.79 Å². The van der Waals surface area contributed by atoms with Gasteiger partial charge in [-0.1, -0.05) is 30.3 Å². The van der Waals surface area contributed by atoms with Gasteiger partial charge in [-0.05, 0) is 30.5 Å². The van der Waals surface area contributed by atoms with Gasteiger partial charge in [0.15, 0.2) is 5.78 Å². The Morgan fingerprint density at radius 1 is 1.05 bits per heavy atom. The number of aryl methyl sites for hydroxylation is 1. The SMILES string of the molecule is O=C(c1cccc2c1OCCC2)C1COc2ccccc21. The maximum absolute atomic E-state index is 12.9. The fourth-order valence-electron chi connectivity index (χ4n) is 3.15. The second-order valence-corrected chi connectivity index (χ2v) is 5.51. The van der Waals surface area contributed by atoms with Crippen molar-refractivity contribution in [2.45, 2.75) is 18.8 Å². The van der Waals surface area contributed by atoms with Gasteiger partial charge in [0.1, 0.15) is 18.1 Å². The van der Waals surface area contributed by atoms with Crippen molar-refractivity contribution in [2.24, 2.45) is 0 Å². The van der Waals surface area contributed by atoms with Gasteiger partial charge in [0, 0.05) is 5.56 Å². The van der Waals surface area contributed by atoms with Crippen LogP contribution in [0.2, 0.25) is 0 Å². The number of ether oxygens (including phenoxy) is 2. The molecule has 106 valence electrons. The highest BCUT2D eigenvalue weighted by Crippen LogP contribution is 2.38. The normalized spacial score (nSPS) is 19.1. The van der Waals surface area contributed by atoms with Crippen LogP contribution in [-0.2, 0) is 6.42 Å². The zero-order valence-electron chi connectivity index (χ0n) is 11.7. The zero-order valence-corrected chi connectivity index (χ0v) is 11.7. The Balaban J connectivity index is 1.74. The molecule has 3 heteroatoms. The lowest BCUT2D eigenvalue weighted by molar-refractivity contribution is 0.0942. The number of ketones is 1. The summed E-state index contributed by atoms with van der Waals surface area (Å²) in [6.07, 6.45) is 1.99. The summed E-state index contributed by atoms with van der Waals surface area (Å²) in [6.45, 7) is 1.11. The molecule has 0 N–H and O–H groups in total. The topological polar surface area (TPSA) is 35.5 Å². The molecule has 0 amide bonds. The monoisotopic (exact) mass is 280 g/mol. The van der Waals surface area contributed by atoms with Crippen LogP contribution in [0.3, 0.4) is 0 Å². The van der Waals surface area contributed by atoms with Crippen molar-refractivity contribution in [1.82, 2.24) is 0 Å². The van der Waals surface area contributed by atoms with Crippen molar-refractivity contribution in [2.75, 3.05) is 13.2 Å². The van der Waals surface area contributed by atoms with Crippen LogP contribution in [0.5, 0.6) is 11.5 Å². The first kappa shape index (κ1) is 12.5. The number of rotatable bonds is 2. The van der Waals surface area contributed by atoms with Crippen LogP contribution in [0.15, 0.2) is 42.5 Å². The average molecular weight is 280 g/mol. The smallest absolute Gasteiger partial charge is 0.177 e. The molecule has 2 aromatic rings. The van der Waals surface area contributed by atoms with E-state index in [0.717, 1.165) is 35.5 Å². The molecule has 1 atom stereocenters. The molecule has 0 saturated heterocycles. The van der Waals surface area contributed by atoms with E-state index in [1.807, 2.05) is 42.5 Å². The summed E-state index contributed by atoms with van der Waals surface area (Å²) in [6, 6.07) is 13.6. The fraction of sp³-hybridized carbons (Fsp3) is 0.278. The maximum Gasteiger partial charge on any atom is 0.177 e. The number of carbonyl (C=O) groups is 1. The summed E-state index contributed by atoms with van der Waals surface area (Å²) in [4.78, 5) is 12.9. The Hall–Kier alpha value is -2.29. The highest BCUT2D eigenvalue weighted by Gasteiger charge is 2.33. The van der Waals surface area contributed by atoms with E-state index >= 15 is 0 Å². The quantitative estimate of drug-likeness (QED) is 0.791. The third-order valence-electron chi connectivity index (χ3n) is 4.22. The Kier molecular flexibility index (Phi) is 2.92. The predicted molar refractivity (Wildman–Crippen MR) is 79.3 cm³/mol. The van der Waals surface area contributed by atoms with E-state index in [4.69, 9.17) is 9.47 Å². The highest BCUT2D eigenvalue weighted by atomic mass is 16.5. The lowest BCUT2D eigenvalue weighted by Gasteiger charge is -2.20. The van der Waals surface area contributed by atoms with Gasteiger partial charge in [0.25, 0.3) is 0 Å². The van der Waals surface area contributed by atoms with Gasteiger partial charge < -0.3 is 9.47 Å². The summed E-state index contributed by atoms with van der Waals surface area (Å²) in [5.41, 5.74) is 2.81. The van der Waals surface area contributed by atoms with Crippen LogP contribution < -0.4 is 9.47 Å². The molecule has 0 spiro atoms. The van der Waals surface area contributed by atoms with Gasteiger partial charge in [0.2, 0.25) is 0 Å². The minimum atomic E-state index is -0.224. The summed E-state index contributed by atoms with van der Waals surface area (Å²) in [5.74, 6) is 1.47. The second kappa shape index (κ2) is 4.92. The molecule has 0 fully saturated rings. The molecule has 2 aromatic carbocycles. The summed E-state index contributed by atoms with van der Waals surface area (Å²) in [7, 11) is 0. The van der Waals surface area contributed by atoms with Crippen LogP contribution in [0.4, 0.5) is 0 Å². The standard InChI is InChI=1S/C18H16O3/c19-17(15-11-21-16-9-2-1-7-13(15)16)14-8-3-5-12-6-4-10-20-18(12)14/h1-3,5,7-9,15H,4,6,10-11H2. The third-order valence-corrected chi connectivity index (χ3v) is 4.22. The summed E-state index contributed by atoms with van der Waals surface area (Å²) < 4.78 is 11.4. The molecule has 1 unspecified atom stereocenters. The number of hydrogen-bond donors (Lipinski definition) is 0. The van der Waals surface area contributed by atoms with Crippen molar-refractivity contribution in [3.63, 3.8) is 0 Å². The van der Waals surface area contributed by atoms with Gasteiger partial charge in [-0.3, -0.25) is 4.79 Å². The van der Waals surface area contributed by atoms with Crippen LogP contribution in [-0.4, -0.2) is 19.0 Å². The maximum atomic E-state index is 12.9. The minimum Gasteiger partial charge on any atom is -0.493 e. The Morgan fingerprint density at radius 3 is 2.90 bits per heavy atom. The molecule has 0 radical (unpaired) electrons. The van der Waals surface area contributed by atoms with Crippen molar-refractivity contribution in [3.05, 3.63) is 59.2 Å². The van der Waals surface area contributed by atoms with E-state index in [1.165, 1.54) is 0 Å². The minimum absolute atomic E-state index is 0.0960. The third kappa shape index (κ3) is 2.00. The van der Waals surface area contributed by atoms with Gasteiger partial charge in [-0.25, -0.2) is 0 Å². The fourth-order valence-corrected chi connectivity index (χ4v) is 3.15. The van der Waals surface area contributed by atoms with E-state index in [-0.39, 0.29) is 11.7 Å². The molecule has 0 saturated carbocycles. The molecule has 2 heterocycles. The first-order valence-corrected chi connectivity index (χ1v) is 7.35. The number of carbonyl (C=O) groups excluding carboxylic acids is 1. The first-order chi connectivity index (χ1) is 10.3. The van der Waals surface area contributed by atoms with E-state index in [2.05, 4.69) is 0 Å².